The Morgan fingerprint density at radius 3 is 1.62 bits per heavy atom. The number of nitrogens with zero attached hydrogens (tertiary/aromatic N) is 5. The molecule has 2 aromatic carbocycles. The van der Waals surface area contributed by atoms with E-state index in [-0.39, 0.29) is 5.41 Å². The molecule has 0 saturated heterocycles. The van der Waals surface area contributed by atoms with E-state index in [0.717, 1.165) is 17.0 Å². The van der Waals surface area contributed by atoms with Crippen LogP contribution in [0.4, 0.5) is 0 Å². The van der Waals surface area contributed by atoms with Crippen molar-refractivity contribution in [3.8, 4) is 22.8 Å². The van der Waals surface area contributed by atoms with E-state index in [2.05, 4.69) is 35.2 Å². The predicted molar refractivity (Wildman–Crippen MR) is 135 cm³/mol. The smallest absolute Gasteiger partial charge is 0.284 e. The molecule has 0 atom stereocenters. The van der Waals surface area contributed by atoms with Crippen LogP contribution in [0.2, 0.25) is 10.0 Å². The minimum absolute atomic E-state index is 0.197. The molecule has 0 radical (unpaired) electrons. The molecule has 2 heterocycles. The van der Waals surface area contributed by atoms with Gasteiger partial charge in [-0.05, 0) is 48.5 Å². The van der Waals surface area contributed by atoms with Gasteiger partial charge in [0.2, 0.25) is 5.82 Å². The molecule has 4 aromatic rings. The van der Waals surface area contributed by atoms with Crippen LogP contribution in [0.3, 0.4) is 0 Å². The Kier molecular flexibility index (Phi) is 7.72. The van der Waals surface area contributed by atoms with Crippen molar-refractivity contribution in [1.29, 1.82) is 0 Å². The van der Waals surface area contributed by atoms with Crippen molar-refractivity contribution in [3.05, 3.63) is 81.6 Å². The predicted octanol–water partition coefficient (Wildman–Crippen LogP) is 5.64. The molecular formula is C24H26Cl2N8. The molecule has 0 unspecified atom stereocenters. The lowest BCUT2D eigenvalue weighted by molar-refractivity contribution is 0.504. The van der Waals surface area contributed by atoms with Gasteiger partial charge in [-0.3, -0.25) is 10.2 Å². The topological polar surface area (TPSA) is 114 Å². The fraction of sp³-hybridized carbons (Fsp3) is 0.292. The summed E-state index contributed by atoms with van der Waals surface area (Å²) >= 11 is 11.6. The average molecular weight is 497 g/mol. The Bertz CT molecular complexity index is 1270. The quantitative estimate of drug-likeness (QED) is 0.309. The fourth-order valence-electron chi connectivity index (χ4n) is 2.71. The summed E-state index contributed by atoms with van der Waals surface area (Å²) in [6.07, 6.45) is 0. The minimum atomic E-state index is -0.683. The molecule has 0 fully saturated rings. The molecule has 0 aliphatic heterocycles. The first kappa shape index (κ1) is 25.4. The van der Waals surface area contributed by atoms with E-state index in [1.54, 1.807) is 26.0 Å². The normalized spacial score (nSPS) is 11.5. The van der Waals surface area contributed by atoms with Crippen molar-refractivity contribution in [2.24, 2.45) is 5.73 Å². The van der Waals surface area contributed by atoms with E-state index >= 15 is 0 Å². The van der Waals surface area contributed by atoms with Crippen LogP contribution in [0.1, 0.15) is 39.3 Å². The third-order valence-corrected chi connectivity index (χ3v) is 5.69. The van der Waals surface area contributed by atoms with Gasteiger partial charge in [-0.1, -0.05) is 37.0 Å². The number of nitrogens with two attached hydrogens (primary N) is 1. The summed E-state index contributed by atoms with van der Waals surface area (Å²) in [5.74, 6) is 2.61. The molecule has 0 spiro atoms. The van der Waals surface area contributed by atoms with Gasteiger partial charge in [0, 0.05) is 47.0 Å². The van der Waals surface area contributed by atoms with Gasteiger partial charge < -0.3 is 10.6 Å². The third kappa shape index (κ3) is 6.00. The number of aromatic nitrogens is 6. The van der Waals surface area contributed by atoms with E-state index in [1.807, 2.05) is 50.2 Å². The summed E-state index contributed by atoms with van der Waals surface area (Å²) in [4.78, 5) is 12.3. The maximum Gasteiger partial charge on any atom is 0.284 e. The van der Waals surface area contributed by atoms with Gasteiger partial charge in [-0.2, -0.15) is 10.2 Å². The lowest BCUT2D eigenvalue weighted by Gasteiger charge is -2.17. The van der Waals surface area contributed by atoms with Crippen molar-refractivity contribution in [2.75, 3.05) is 6.54 Å². The second-order valence-electron chi connectivity index (χ2n) is 8.79. The molecule has 0 aliphatic carbocycles. The van der Waals surface area contributed by atoms with Crippen LogP contribution in [-0.2, 0) is 11.0 Å². The summed E-state index contributed by atoms with van der Waals surface area (Å²) in [6, 6.07) is 14.7. The Hall–Kier alpha value is -3.25. The molecule has 0 amide bonds. The van der Waals surface area contributed by atoms with Crippen molar-refractivity contribution in [3.63, 3.8) is 0 Å². The zero-order valence-electron chi connectivity index (χ0n) is 19.4. The van der Waals surface area contributed by atoms with Gasteiger partial charge in [0.15, 0.2) is 11.6 Å². The number of benzene rings is 2. The second-order valence-corrected chi connectivity index (χ2v) is 9.66. The number of H-pyrrole nitrogens is 2. The standard InChI is InChI=1S/C12H11ClN4.C12H15ClN4/c1-12(2,14-3)11-15-10(16-17-11)8-4-6-9(13)7-5-8;1-12(2,7-14)11-15-10(16-17-11)8-3-5-9(13)6-4-8/h4-7H,1-2H3,(H,15,16,17);3-6H,7,14H2,1-2H3,(H,15,16,17). The molecule has 10 heteroatoms. The monoisotopic (exact) mass is 496 g/mol. The summed E-state index contributed by atoms with van der Waals surface area (Å²) in [5.41, 5.74) is 6.63. The molecule has 176 valence electrons. The SMILES string of the molecule is CC(C)(CN)c1nc(-c2ccc(Cl)cc2)n[nH]1.[C-]#[N+]C(C)(C)c1nc(-c2ccc(Cl)cc2)n[nH]1. The molecule has 34 heavy (non-hydrogen) atoms. The van der Waals surface area contributed by atoms with Crippen LogP contribution in [0.15, 0.2) is 48.5 Å². The Balaban J connectivity index is 0.000000191. The molecule has 0 saturated carbocycles. The summed E-state index contributed by atoms with van der Waals surface area (Å²) in [6.45, 7) is 15.3. The molecule has 0 bridgehead atoms. The number of hydrogen-bond acceptors (Lipinski definition) is 5. The van der Waals surface area contributed by atoms with E-state index in [4.69, 9.17) is 35.5 Å². The van der Waals surface area contributed by atoms with Gasteiger partial charge in [-0.25, -0.2) is 16.5 Å². The lowest BCUT2D eigenvalue weighted by Crippen LogP contribution is -2.29. The molecule has 8 nitrogen and oxygen atoms in total. The van der Waals surface area contributed by atoms with Crippen molar-refractivity contribution in [1.82, 2.24) is 30.4 Å². The Morgan fingerprint density at radius 2 is 1.21 bits per heavy atom. The van der Waals surface area contributed by atoms with E-state index in [0.29, 0.717) is 34.1 Å². The highest BCUT2D eigenvalue weighted by atomic mass is 35.5. The minimum Gasteiger partial charge on any atom is -0.329 e. The third-order valence-electron chi connectivity index (χ3n) is 5.19. The van der Waals surface area contributed by atoms with Gasteiger partial charge in [-0.15, -0.1) is 0 Å². The molecule has 2 aromatic heterocycles. The van der Waals surface area contributed by atoms with Gasteiger partial charge in [0.1, 0.15) is 5.82 Å². The highest BCUT2D eigenvalue weighted by Gasteiger charge is 2.30. The van der Waals surface area contributed by atoms with Crippen LogP contribution in [-0.4, -0.2) is 36.9 Å². The Morgan fingerprint density at radius 1 is 0.794 bits per heavy atom. The van der Waals surface area contributed by atoms with Crippen molar-refractivity contribution < 1.29 is 0 Å². The highest BCUT2D eigenvalue weighted by molar-refractivity contribution is 6.30. The van der Waals surface area contributed by atoms with Gasteiger partial charge in [0.25, 0.3) is 5.54 Å². The zero-order chi connectivity index (χ0) is 24.9. The van der Waals surface area contributed by atoms with Crippen LogP contribution >= 0.6 is 23.2 Å². The van der Waals surface area contributed by atoms with Gasteiger partial charge in [0.05, 0.1) is 0 Å². The summed E-state index contributed by atoms with van der Waals surface area (Å²) in [5, 5.41) is 15.4. The molecule has 0 aliphatic rings. The first-order chi connectivity index (χ1) is 16.1. The van der Waals surface area contributed by atoms with Gasteiger partial charge >= 0.3 is 0 Å². The number of aromatic amines is 2. The largest absolute Gasteiger partial charge is 0.329 e. The maximum atomic E-state index is 7.10. The van der Waals surface area contributed by atoms with Crippen LogP contribution in [0, 0.1) is 6.57 Å². The van der Waals surface area contributed by atoms with Crippen LogP contribution < -0.4 is 5.73 Å². The van der Waals surface area contributed by atoms with Crippen molar-refractivity contribution >= 4 is 23.2 Å². The molecule has 4 N–H and O–H groups in total. The first-order valence-electron chi connectivity index (χ1n) is 10.5. The van der Waals surface area contributed by atoms with Crippen LogP contribution in [0.25, 0.3) is 27.6 Å². The number of nitrogens with one attached hydrogen (secondary N) is 2. The maximum absolute atomic E-state index is 7.10. The highest BCUT2D eigenvalue weighted by Crippen LogP contribution is 2.25. The average Bonchev–Trinajstić information content (AvgIpc) is 3.52. The van der Waals surface area contributed by atoms with Crippen molar-refractivity contribution in [2.45, 2.75) is 38.6 Å². The Labute approximate surface area is 208 Å². The summed E-state index contributed by atoms with van der Waals surface area (Å²) in [7, 11) is 0. The summed E-state index contributed by atoms with van der Waals surface area (Å²) < 4.78 is 0. The van der Waals surface area contributed by atoms with E-state index < -0.39 is 5.54 Å². The fourth-order valence-corrected chi connectivity index (χ4v) is 2.96. The molecular weight excluding hydrogens is 471 g/mol. The first-order valence-corrected chi connectivity index (χ1v) is 11.3. The van der Waals surface area contributed by atoms with E-state index in [9.17, 15) is 0 Å². The molecule has 4 rings (SSSR count). The number of rotatable bonds is 5. The van der Waals surface area contributed by atoms with Crippen LogP contribution in [0.5, 0.6) is 0 Å². The lowest BCUT2D eigenvalue weighted by atomic mass is 9.93. The number of halogens is 2. The van der Waals surface area contributed by atoms with E-state index in [1.165, 1.54) is 0 Å². The zero-order valence-corrected chi connectivity index (χ0v) is 20.9. The second kappa shape index (κ2) is 10.3. The number of hydrogen-bond donors (Lipinski definition) is 3.